The van der Waals surface area contributed by atoms with E-state index in [1.54, 1.807) is 12.1 Å². The van der Waals surface area contributed by atoms with Gasteiger partial charge in [-0.3, -0.25) is 9.56 Å². The van der Waals surface area contributed by atoms with Crippen molar-refractivity contribution in [3.05, 3.63) is 83.2 Å². The third kappa shape index (κ3) is 4.83. The molecule has 0 atom stereocenters. The minimum Gasteiger partial charge on any atom is -0.478 e. The van der Waals surface area contributed by atoms with Crippen LogP contribution in [0.5, 0.6) is 0 Å². The van der Waals surface area contributed by atoms with Gasteiger partial charge < -0.3 is 10.0 Å². The van der Waals surface area contributed by atoms with Gasteiger partial charge in [-0.25, -0.2) is 9.78 Å². The number of amidine groups is 1. The van der Waals surface area contributed by atoms with E-state index in [4.69, 9.17) is 9.98 Å². The molecule has 2 heterocycles. The van der Waals surface area contributed by atoms with Gasteiger partial charge in [-0.2, -0.15) is 0 Å². The summed E-state index contributed by atoms with van der Waals surface area (Å²) < 4.78 is 2.28. The van der Waals surface area contributed by atoms with Gasteiger partial charge >= 0.3 is 5.97 Å². The van der Waals surface area contributed by atoms with Crippen molar-refractivity contribution in [3.63, 3.8) is 0 Å². The number of aromatic nitrogens is 2. The Balaban J connectivity index is 1.67. The minimum absolute atomic E-state index is 0.308. The van der Waals surface area contributed by atoms with E-state index in [1.165, 1.54) is 0 Å². The summed E-state index contributed by atoms with van der Waals surface area (Å²) >= 11 is 0. The highest BCUT2D eigenvalue weighted by Gasteiger charge is 2.22. The van der Waals surface area contributed by atoms with Crippen LogP contribution < -0.4 is 0 Å². The quantitative estimate of drug-likeness (QED) is 0.253. The maximum absolute atomic E-state index is 12.0. The van der Waals surface area contributed by atoms with Crippen LogP contribution in [0.25, 0.3) is 27.8 Å². The molecule has 0 bridgehead atoms. The van der Waals surface area contributed by atoms with Crippen molar-refractivity contribution in [2.45, 2.75) is 52.9 Å². The van der Waals surface area contributed by atoms with E-state index in [9.17, 15) is 9.90 Å². The molecule has 6 heteroatoms. The summed E-state index contributed by atoms with van der Waals surface area (Å²) in [7, 11) is 0. The Kier molecular flexibility index (Phi) is 7.59. The van der Waals surface area contributed by atoms with Gasteiger partial charge in [0.25, 0.3) is 0 Å². The molecule has 3 aromatic carbocycles. The number of unbranched alkanes of at least 4 members (excludes halogenated alkanes) is 2. The molecule has 38 heavy (non-hydrogen) atoms. The van der Waals surface area contributed by atoms with Gasteiger partial charge in [0.05, 0.1) is 28.8 Å². The molecule has 6 nitrogen and oxygen atoms in total. The summed E-state index contributed by atoms with van der Waals surface area (Å²) in [6.07, 6.45) is 5.33. The minimum atomic E-state index is -0.920. The zero-order valence-corrected chi connectivity index (χ0v) is 22.6. The first-order valence-corrected chi connectivity index (χ1v) is 13.8. The zero-order valence-electron chi connectivity index (χ0n) is 22.6. The van der Waals surface area contributed by atoms with Crippen molar-refractivity contribution in [3.8, 4) is 16.8 Å². The molecular formula is C32H36N4O2. The highest BCUT2D eigenvalue weighted by molar-refractivity contribution is 6.02. The van der Waals surface area contributed by atoms with Crippen molar-refractivity contribution in [1.82, 2.24) is 14.5 Å². The molecule has 196 valence electrons. The van der Waals surface area contributed by atoms with Crippen LogP contribution in [0.15, 0.2) is 65.7 Å². The van der Waals surface area contributed by atoms with E-state index in [0.29, 0.717) is 5.56 Å². The molecule has 0 aliphatic carbocycles. The van der Waals surface area contributed by atoms with E-state index in [0.717, 1.165) is 102 Å². The molecule has 0 saturated carbocycles. The van der Waals surface area contributed by atoms with Gasteiger partial charge in [-0.15, -0.1) is 0 Å². The Morgan fingerprint density at radius 3 is 2.55 bits per heavy atom. The Morgan fingerprint density at radius 2 is 1.76 bits per heavy atom. The number of carboxylic acids is 1. The van der Waals surface area contributed by atoms with Gasteiger partial charge in [-0.1, -0.05) is 57.0 Å². The third-order valence-electron chi connectivity index (χ3n) is 7.44. The van der Waals surface area contributed by atoms with Crippen LogP contribution in [-0.4, -0.2) is 51.0 Å². The molecule has 1 aliphatic heterocycles. The number of aromatic carboxylic acids is 1. The molecule has 0 unspecified atom stereocenters. The van der Waals surface area contributed by atoms with Crippen molar-refractivity contribution < 1.29 is 9.90 Å². The fraction of sp³-hybridized carbons (Fsp3) is 0.344. The number of fused-ring (bicyclic) bond motifs is 1. The van der Waals surface area contributed by atoms with Crippen molar-refractivity contribution in [2.75, 3.05) is 19.6 Å². The van der Waals surface area contributed by atoms with Crippen LogP contribution in [-0.2, 0) is 6.42 Å². The number of carbonyl (C=O) groups is 1. The van der Waals surface area contributed by atoms with Gasteiger partial charge in [0.2, 0.25) is 0 Å². The normalized spacial score (nSPS) is 13.3. The number of imidazole rings is 1. The van der Waals surface area contributed by atoms with Crippen LogP contribution in [0.1, 0.15) is 66.8 Å². The molecule has 1 aliphatic rings. The SMILES string of the molecule is CCCCc1nc2ccc(C3=NCCN3CCCC)cc2n1-c1cccc(-c2ccccc2C(=O)O)c1C. The molecule has 0 saturated heterocycles. The molecule has 0 amide bonds. The van der Waals surface area contributed by atoms with Crippen LogP contribution in [0.2, 0.25) is 0 Å². The molecule has 1 N–H and O–H groups in total. The van der Waals surface area contributed by atoms with Gasteiger partial charge in [0, 0.05) is 25.1 Å². The number of hydrogen-bond acceptors (Lipinski definition) is 4. The Bertz CT molecular complexity index is 1500. The lowest BCUT2D eigenvalue weighted by atomic mass is 9.95. The van der Waals surface area contributed by atoms with E-state index >= 15 is 0 Å². The lowest BCUT2D eigenvalue weighted by Crippen LogP contribution is -2.29. The molecule has 0 fully saturated rings. The molecule has 0 spiro atoms. The highest BCUT2D eigenvalue weighted by atomic mass is 16.4. The summed E-state index contributed by atoms with van der Waals surface area (Å²) in [5, 5.41) is 9.83. The smallest absolute Gasteiger partial charge is 0.336 e. The number of carboxylic acid groups (broad SMARTS) is 1. The number of nitrogens with zero attached hydrogens (tertiary/aromatic N) is 4. The number of aliphatic imine (C=N–C) groups is 1. The van der Waals surface area contributed by atoms with E-state index in [1.807, 2.05) is 24.3 Å². The van der Waals surface area contributed by atoms with Crippen LogP contribution >= 0.6 is 0 Å². The van der Waals surface area contributed by atoms with Crippen molar-refractivity contribution >= 4 is 22.8 Å². The summed E-state index contributed by atoms with van der Waals surface area (Å²) in [5.41, 5.74) is 7.18. The maximum atomic E-state index is 12.0. The van der Waals surface area contributed by atoms with Gasteiger partial charge in [0.15, 0.2) is 0 Å². The largest absolute Gasteiger partial charge is 0.478 e. The summed E-state index contributed by atoms with van der Waals surface area (Å²) in [5.74, 6) is 1.18. The summed E-state index contributed by atoms with van der Waals surface area (Å²) in [4.78, 5) is 24.3. The average molecular weight is 509 g/mol. The fourth-order valence-corrected chi connectivity index (χ4v) is 5.42. The van der Waals surface area contributed by atoms with Gasteiger partial charge in [0.1, 0.15) is 11.7 Å². The Morgan fingerprint density at radius 1 is 0.974 bits per heavy atom. The number of benzene rings is 3. The second kappa shape index (κ2) is 11.2. The molecule has 1 aromatic heterocycles. The zero-order chi connectivity index (χ0) is 26.6. The number of hydrogen-bond donors (Lipinski definition) is 1. The first kappa shape index (κ1) is 25.7. The number of rotatable bonds is 10. The molecule has 5 rings (SSSR count). The topological polar surface area (TPSA) is 70.7 Å². The van der Waals surface area contributed by atoms with Crippen LogP contribution in [0.4, 0.5) is 0 Å². The predicted octanol–water partition coefficient (Wildman–Crippen LogP) is 6.90. The van der Waals surface area contributed by atoms with E-state index in [-0.39, 0.29) is 0 Å². The van der Waals surface area contributed by atoms with Crippen molar-refractivity contribution in [1.29, 1.82) is 0 Å². The summed E-state index contributed by atoms with van der Waals surface area (Å²) in [6, 6.07) is 19.9. The predicted molar refractivity (Wildman–Crippen MR) is 155 cm³/mol. The number of aryl methyl sites for hydroxylation is 1. The Labute approximate surface area is 224 Å². The van der Waals surface area contributed by atoms with E-state index < -0.39 is 5.97 Å². The second-order valence-electron chi connectivity index (χ2n) is 10.0. The highest BCUT2D eigenvalue weighted by Crippen LogP contribution is 2.33. The van der Waals surface area contributed by atoms with Crippen LogP contribution in [0.3, 0.4) is 0 Å². The molecular weight excluding hydrogens is 472 g/mol. The Hall–Kier alpha value is -3.93. The fourth-order valence-electron chi connectivity index (χ4n) is 5.42. The van der Waals surface area contributed by atoms with E-state index in [2.05, 4.69) is 54.5 Å². The first-order valence-electron chi connectivity index (χ1n) is 13.8. The second-order valence-corrected chi connectivity index (χ2v) is 10.0. The standard InChI is InChI=1S/C32H36N4O2/c1-4-6-15-30-34-27-17-16-23(31-33-18-20-35(31)19-7-5-2)21-29(27)36(30)28-14-10-13-24(22(28)3)25-11-8-9-12-26(25)32(37)38/h8-14,16-17,21H,4-7,15,18-20H2,1-3H3,(H,37,38). The first-order chi connectivity index (χ1) is 18.5. The maximum Gasteiger partial charge on any atom is 0.336 e. The molecule has 4 aromatic rings. The average Bonchev–Trinajstić information content (AvgIpc) is 3.54. The monoisotopic (exact) mass is 508 g/mol. The van der Waals surface area contributed by atoms with Crippen LogP contribution in [0, 0.1) is 6.92 Å². The lowest BCUT2D eigenvalue weighted by Gasteiger charge is -2.20. The summed E-state index contributed by atoms with van der Waals surface area (Å²) in [6.45, 7) is 9.33. The van der Waals surface area contributed by atoms with Crippen molar-refractivity contribution in [2.24, 2.45) is 4.99 Å². The van der Waals surface area contributed by atoms with Gasteiger partial charge in [-0.05, 0) is 66.8 Å². The third-order valence-corrected chi connectivity index (χ3v) is 7.44. The lowest BCUT2D eigenvalue weighted by molar-refractivity contribution is 0.0697. The molecule has 0 radical (unpaired) electrons.